The van der Waals surface area contributed by atoms with E-state index in [1.54, 1.807) is 62.6 Å². The Balaban J connectivity index is 1.56. The van der Waals surface area contributed by atoms with E-state index < -0.39 is 10.0 Å². The number of nitrogens with one attached hydrogen (secondary N) is 2. The standard InChI is InChI=1S/C19H20N4O5S2/c1-3-30(25,26)23-14-9-7-13(8-10-14)18-21-22-19(28-18)29-12-17(24)20-15-5-4-6-16(11-15)27-2/h4-11,23H,3,12H2,1-2H3,(H,20,24). The molecule has 0 aliphatic heterocycles. The molecule has 0 aliphatic rings. The van der Waals surface area contributed by atoms with Gasteiger partial charge in [0.1, 0.15) is 5.75 Å². The van der Waals surface area contributed by atoms with Gasteiger partial charge >= 0.3 is 0 Å². The highest BCUT2D eigenvalue weighted by Gasteiger charge is 2.13. The van der Waals surface area contributed by atoms with Crippen LogP contribution in [0.5, 0.6) is 5.75 Å². The molecule has 0 unspecified atom stereocenters. The third-order valence-corrected chi connectivity index (χ3v) is 6.00. The molecule has 3 aromatic rings. The van der Waals surface area contributed by atoms with Gasteiger partial charge in [-0.1, -0.05) is 17.8 Å². The molecular weight excluding hydrogens is 428 g/mol. The lowest BCUT2D eigenvalue weighted by atomic mass is 10.2. The van der Waals surface area contributed by atoms with E-state index in [1.807, 2.05) is 0 Å². The van der Waals surface area contributed by atoms with E-state index in [0.717, 1.165) is 11.8 Å². The molecule has 0 spiro atoms. The summed E-state index contributed by atoms with van der Waals surface area (Å²) in [6, 6.07) is 13.6. The molecule has 1 amide bonds. The molecule has 0 atom stereocenters. The summed E-state index contributed by atoms with van der Waals surface area (Å²) < 4.78 is 36.4. The molecule has 0 fully saturated rings. The Labute approximate surface area is 178 Å². The second kappa shape index (κ2) is 9.63. The van der Waals surface area contributed by atoms with Crippen LogP contribution in [-0.4, -0.2) is 43.1 Å². The maximum atomic E-state index is 12.1. The smallest absolute Gasteiger partial charge is 0.277 e. The Kier molecular flexibility index (Phi) is 6.95. The normalized spacial score (nSPS) is 11.1. The number of nitrogens with zero attached hydrogens (tertiary/aromatic N) is 2. The maximum absolute atomic E-state index is 12.1. The molecule has 0 radical (unpaired) electrons. The monoisotopic (exact) mass is 448 g/mol. The summed E-state index contributed by atoms with van der Waals surface area (Å²) in [5.41, 5.74) is 1.71. The highest BCUT2D eigenvalue weighted by atomic mass is 32.2. The van der Waals surface area contributed by atoms with Crippen molar-refractivity contribution in [3.63, 3.8) is 0 Å². The quantitative estimate of drug-likeness (QED) is 0.478. The van der Waals surface area contributed by atoms with Crippen molar-refractivity contribution in [3.8, 4) is 17.2 Å². The SMILES string of the molecule is CCS(=O)(=O)Nc1ccc(-c2nnc(SCC(=O)Nc3cccc(OC)c3)o2)cc1. The highest BCUT2D eigenvalue weighted by molar-refractivity contribution is 7.99. The molecule has 9 nitrogen and oxygen atoms in total. The first-order valence-electron chi connectivity index (χ1n) is 8.89. The van der Waals surface area contributed by atoms with Crippen LogP contribution in [0.25, 0.3) is 11.5 Å². The van der Waals surface area contributed by atoms with E-state index in [1.165, 1.54) is 0 Å². The van der Waals surface area contributed by atoms with Gasteiger partial charge in [0.05, 0.1) is 18.6 Å². The van der Waals surface area contributed by atoms with Crippen molar-refractivity contribution >= 4 is 39.1 Å². The fraction of sp³-hybridized carbons (Fsp3) is 0.211. The van der Waals surface area contributed by atoms with E-state index >= 15 is 0 Å². The number of rotatable bonds is 9. The highest BCUT2D eigenvalue weighted by Crippen LogP contribution is 2.25. The number of carbonyl (C=O) groups excluding carboxylic acids is 1. The van der Waals surface area contributed by atoms with E-state index in [2.05, 4.69) is 20.2 Å². The summed E-state index contributed by atoms with van der Waals surface area (Å²) in [4.78, 5) is 12.1. The number of thioether (sulfide) groups is 1. The first kappa shape index (κ1) is 21.7. The van der Waals surface area contributed by atoms with Crippen LogP contribution in [-0.2, 0) is 14.8 Å². The molecule has 0 saturated heterocycles. The Morgan fingerprint density at radius 1 is 1.13 bits per heavy atom. The Hall–Kier alpha value is -3.05. The van der Waals surface area contributed by atoms with Crippen LogP contribution in [0, 0.1) is 0 Å². The maximum Gasteiger partial charge on any atom is 0.277 e. The van der Waals surface area contributed by atoms with E-state index in [9.17, 15) is 13.2 Å². The average molecular weight is 449 g/mol. The molecule has 30 heavy (non-hydrogen) atoms. The lowest BCUT2D eigenvalue weighted by Gasteiger charge is -2.06. The Morgan fingerprint density at radius 2 is 1.90 bits per heavy atom. The minimum Gasteiger partial charge on any atom is -0.497 e. The van der Waals surface area contributed by atoms with Crippen molar-refractivity contribution in [1.82, 2.24) is 10.2 Å². The first-order chi connectivity index (χ1) is 14.4. The lowest BCUT2D eigenvalue weighted by molar-refractivity contribution is -0.113. The van der Waals surface area contributed by atoms with Gasteiger partial charge in [0.15, 0.2) is 0 Å². The summed E-state index contributed by atoms with van der Waals surface area (Å²) >= 11 is 1.11. The number of sulfonamides is 1. The third-order valence-electron chi connectivity index (χ3n) is 3.87. The topological polar surface area (TPSA) is 123 Å². The molecule has 1 heterocycles. The molecule has 158 valence electrons. The lowest BCUT2D eigenvalue weighted by Crippen LogP contribution is -2.14. The summed E-state index contributed by atoms with van der Waals surface area (Å²) in [5.74, 6) is 0.785. The summed E-state index contributed by atoms with van der Waals surface area (Å²) in [5, 5.41) is 10.9. The number of benzene rings is 2. The third kappa shape index (κ3) is 5.97. The second-order valence-electron chi connectivity index (χ2n) is 6.02. The van der Waals surface area contributed by atoms with Crippen molar-refractivity contribution in [2.45, 2.75) is 12.1 Å². The fourth-order valence-corrected chi connectivity index (χ4v) is 3.55. The molecule has 3 rings (SSSR count). The van der Waals surface area contributed by atoms with Crippen LogP contribution in [0.2, 0.25) is 0 Å². The number of anilines is 2. The number of hydrogen-bond donors (Lipinski definition) is 2. The van der Waals surface area contributed by atoms with Crippen LogP contribution >= 0.6 is 11.8 Å². The number of methoxy groups -OCH3 is 1. The van der Waals surface area contributed by atoms with Gasteiger partial charge in [-0.2, -0.15) is 0 Å². The molecule has 11 heteroatoms. The van der Waals surface area contributed by atoms with Crippen LogP contribution in [0.3, 0.4) is 0 Å². The van der Waals surface area contributed by atoms with Gasteiger partial charge in [-0.15, -0.1) is 10.2 Å². The first-order valence-corrected chi connectivity index (χ1v) is 11.5. The number of carbonyl (C=O) groups is 1. The zero-order valence-corrected chi connectivity index (χ0v) is 17.9. The van der Waals surface area contributed by atoms with Crippen LogP contribution in [0.4, 0.5) is 11.4 Å². The summed E-state index contributed by atoms with van der Waals surface area (Å²) in [6.07, 6.45) is 0. The van der Waals surface area contributed by atoms with Crippen molar-refractivity contribution in [2.24, 2.45) is 0 Å². The molecule has 1 aromatic heterocycles. The summed E-state index contributed by atoms with van der Waals surface area (Å²) in [6.45, 7) is 1.56. The Bertz CT molecular complexity index is 1110. The number of hydrogen-bond acceptors (Lipinski definition) is 8. The number of amides is 1. The van der Waals surface area contributed by atoms with Crippen molar-refractivity contribution < 1.29 is 22.4 Å². The minimum atomic E-state index is -3.34. The predicted molar refractivity (Wildman–Crippen MR) is 115 cm³/mol. The largest absolute Gasteiger partial charge is 0.497 e. The van der Waals surface area contributed by atoms with Crippen LogP contribution in [0.1, 0.15) is 6.92 Å². The molecule has 0 saturated carbocycles. The second-order valence-corrected chi connectivity index (χ2v) is 8.96. The summed E-state index contributed by atoms with van der Waals surface area (Å²) in [7, 11) is -1.78. The van der Waals surface area contributed by atoms with E-state index in [4.69, 9.17) is 9.15 Å². The van der Waals surface area contributed by atoms with Gasteiger partial charge < -0.3 is 14.5 Å². The molecule has 2 N–H and O–H groups in total. The molecular formula is C19H20N4O5S2. The van der Waals surface area contributed by atoms with Gasteiger partial charge in [-0.25, -0.2) is 8.42 Å². The van der Waals surface area contributed by atoms with Gasteiger partial charge in [-0.3, -0.25) is 9.52 Å². The predicted octanol–water partition coefficient (Wildman–Crippen LogP) is 3.24. The average Bonchev–Trinajstić information content (AvgIpc) is 3.22. The van der Waals surface area contributed by atoms with Crippen molar-refractivity contribution in [1.29, 1.82) is 0 Å². The zero-order valence-electron chi connectivity index (χ0n) is 16.3. The zero-order chi connectivity index (χ0) is 21.6. The fourth-order valence-electron chi connectivity index (χ4n) is 2.34. The minimum absolute atomic E-state index is 0.00954. The number of aromatic nitrogens is 2. The van der Waals surface area contributed by atoms with Gasteiger partial charge in [0.25, 0.3) is 5.22 Å². The van der Waals surface area contributed by atoms with Gasteiger partial charge in [0, 0.05) is 23.0 Å². The van der Waals surface area contributed by atoms with Crippen LogP contribution < -0.4 is 14.8 Å². The molecule has 0 aliphatic carbocycles. The van der Waals surface area contributed by atoms with Gasteiger partial charge in [0.2, 0.25) is 21.8 Å². The van der Waals surface area contributed by atoms with Gasteiger partial charge in [-0.05, 0) is 43.3 Å². The van der Waals surface area contributed by atoms with E-state index in [0.29, 0.717) is 22.7 Å². The van der Waals surface area contributed by atoms with E-state index in [-0.39, 0.29) is 28.5 Å². The number of ether oxygens (including phenoxy) is 1. The van der Waals surface area contributed by atoms with Crippen molar-refractivity contribution in [3.05, 3.63) is 48.5 Å². The van der Waals surface area contributed by atoms with Crippen molar-refractivity contribution in [2.75, 3.05) is 28.7 Å². The molecule has 0 bridgehead atoms. The molecule has 2 aromatic carbocycles. The van der Waals surface area contributed by atoms with Crippen LogP contribution in [0.15, 0.2) is 58.2 Å². The Morgan fingerprint density at radius 3 is 2.60 bits per heavy atom.